The topological polar surface area (TPSA) is 64.4 Å². The van der Waals surface area contributed by atoms with Crippen molar-refractivity contribution in [1.29, 1.82) is 0 Å². The molecule has 3 N–H and O–H groups in total. The second kappa shape index (κ2) is 8.20. The van der Waals surface area contributed by atoms with Gasteiger partial charge in [0.15, 0.2) is 11.6 Å². The summed E-state index contributed by atoms with van der Waals surface area (Å²) in [7, 11) is 0. The zero-order valence-electron chi connectivity index (χ0n) is 12.9. The minimum absolute atomic E-state index is 0. The van der Waals surface area contributed by atoms with E-state index in [1.165, 1.54) is 6.07 Å². The number of rotatable bonds is 5. The highest BCUT2D eigenvalue weighted by Gasteiger charge is 2.27. The van der Waals surface area contributed by atoms with E-state index in [9.17, 15) is 9.18 Å². The van der Waals surface area contributed by atoms with E-state index in [-0.39, 0.29) is 42.1 Å². The number of carbonyl (C=O) groups excluding carboxylic acids is 1. The highest BCUT2D eigenvalue weighted by atomic mass is 35.5. The van der Waals surface area contributed by atoms with Gasteiger partial charge in [-0.15, -0.1) is 12.4 Å². The van der Waals surface area contributed by atoms with Gasteiger partial charge in [0, 0.05) is 0 Å². The molecule has 120 valence electrons. The van der Waals surface area contributed by atoms with E-state index >= 15 is 0 Å². The second-order valence-electron chi connectivity index (χ2n) is 5.95. The summed E-state index contributed by atoms with van der Waals surface area (Å²) < 4.78 is 18.8. The van der Waals surface area contributed by atoms with Crippen molar-refractivity contribution in [3.8, 4) is 5.75 Å². The minimum atomic E-state index is -0.594. The first-order valence-electron chi connectivity index (χ1n) is 6.66. The summed E-state index contributed by atoms with van der Waals surface area (Å²) in [5.74, 6) is -0.479. The summed E-state index contributed by atoms with van der Waals surface area (Å²) >= 11 is 0. The van der Waals surface area contributed by atoms with Crippen LogP contribution in [0.25, 0.3) is 0 Å². The standard InChI is InChI=1S/C15H23FN2O2.ClH/c1-10(20-12-8-6-5-7-11(12)16)9-18-14(19)13(17)15(2,3)4;/h5-8,10,13H,9,17H2,1-4H3,(H,18,19);1H/t10?,13-;/m1./s1. The molecule has 1 unspecified atom stereocenters. The molecule has 2 atom stereocenters. The third-order valence-electron chi connectivity index (χ3n) is 2.94. The fourth-order valence-corrected chi connectivity index (χ4v) is 1.55. The van der Waals surface area contributed by atoms with Crippen molar-refractivity contribution in [2.75, 3.05) is 6.54 Å². The van der Waals surface area contributed by atoms with Gasteiger partial charge in [-0.2, -0.15) is 0 Å². The third kappa shape index (κ3) is 6.31. The van der Waals surface area contributed by atoms with Crippen LogP contribution in [0, 0.1) is 11.2 Å². The Morgan fingerprint density at radius 3 is 2.48 bits per heavy atom. The molecular weight excluding hydrogens is 295 g/mol. The number of para-hydroxylation sites is 1. The quantitative estimate of drug-likeness (QED) is 0.876. The van der Waals surface area contributed by atoms with Crippen LogP contribution < -0.4 is 15.8 Å². The highest BCUT2D eigenvalue weighted by Crippen LogP contribution is 2.18. The normalized spacial score (nSPS) is 13.8. The SMILES string of the molecule is CC(CNC(=O)[C@@H](N)C(C)(C)C)Oc1ccccc1F.Cl. The first-order chi connectivity index (χ1) is 9.21. The molecule has 6 heteroatoms. The molecule has 0 saturated carbocycles. The van der Waals surface area contributed by atoms with E-state index in [1.54, 1.807) is 25.1 Å². The zero-order valence-corrected chi connectivity index (χ0v) is 13.7. The van der Waals surface area contributed by atoms with Crippen LogP contribution in [-0.4, -0.2) is 24.6 Å². The molecule has 0 fully saturated rings. The average molecular weight is 319 g/mol. The molecule has 4 nitrogen and oxygen atoms in total. The summed E-state index contributed by atoms with van der Waals surface area (Å²) in [6, 6.07) is 5.57. The second-order valence-corrected chi connectivity index (χ2v) is 5.95. The van der Waals surface area contributed by atoms with Crippen molar-refractivity contribution in [3.05, 3.63) is 30.1 Å². The van der Waals surface area contributed by atoms with Gasteiger partial charge in [-0.3, -0.25) is 4.79 Å². The van der Waals surface area contributed by atoms with E-state index in [0.717, 1.165) is 0 Å². The van der Waals surface area contributed by atoms with E-state index in [1.807, 2.05) is 20.8 Å². The molecule has 0 aromatic heterocycles. The van der Waals surface area contributed by atoms with Gasteiger partial charge in [0.25, 0.3) is 0 Å². The molecule has 0 aliphatic rings. The van der Waals surface area contributed by atoms with Crippen LogP contribution in [0.4, 0.5) is 4.39 Å². The number of ether oxygens (including phenoxy) is 1. The van der Waals surface area contributed by atoms with Gasteiger partial charge >= 0.3 is 0 Å². The van der Waals surface area contributed by atoms with Crippen molar-refractivity contribution in [2.45, 2.75) is 39.8 Å². The maximum atomic E-state index is 13.4. The van der Waals surface area contributed by atoms with E-state index in [4.69, 9.17) is 10.5 Å². The van der Waals surface area contributed by atoms with Crippen LogP contribution in [0.15, 0.2) is 24.3 Å². The Balaban J connectivity index is 0.00000400. The van der Waals surface area contributed by atoms with Gasteiger partial charge in [-0.1, -0.05) is 32.9 Å². The largest absolute Gasteiger partial charge is 0.486 e. The molecule has 21 heavy (non-hydrogen) atoms. The van der Waals surface area contributed by atoms with Crippen LogP contribution in [0.1, 0.15) is 27.7 Å². The molecule has 0 heterocycles. The monoisotopic (exact) mass is 318 g/mol. The first-order valence-corrected chi connectivity index (χ1v) is 6.66. The molecule has 0 aliphatic heterocycles. The molecule has 0 aliphatic carbocycles. The van der Waals surface area contributed by atoms with Gasteiger partial charge in [-0.25, -0.2) is 4.39 Å². The number of amides is 1. The summed E-state index contributed by atoms with van der Waals surface area (Å²) in [6.45, 7) is 7.73. The number of nitrogens with one attached hydrogen (secondary N) is 1. The molecule has 0 spiro atoms. The van der Waals surface area contributed by atoms with E-state index in [2.05, 4.69) is 5.32 Å². The van der Waals surface area contributed by atoms with Gasteiger partial charge in [0.1, 0.15) is 6.10 Å². The van der Waals surface area contributed by atoms with Crippen LogP contribution in [0.5, 0.6) is 5.75 Å². The molecule has 1 rings (SSSR count). The van der Waals surface area contributed by atoms with E-state index in [0.29, 0.717) is 0 Å². The number of benzene rings is 1. The number of nitrogens with two attached hydrogens (primary N) is 1. The van der Waals surface area contributed by atoms with Crippen LogP contribution in [0.2, 0.25) is 0 Å². The predicted octanol–water partition coefficient (Wildman–Crippen LogP) is 2.50. The molecule has 0 radical (unpaired) electrons. The highest BCUT2D eigenvalue weighted by molar-refractivity contribution is 5.85. The maximum absolute atomic E-state index is 13.4. The summed E-state index contributed by atoms with van der Waals surface area (Å²) in [6.07, 6.45) is -0.344. The van der Waals surface area contributed by atoms with Crippen molar-refractivity contribution in [2.24, 2.45) is 11.1 Å². The van der Waals surface area contributed by atoms with Gasteiger partial charge < -0.3 is 15.8 Å². The fourth-order valence-electron chi connectivity index (χ4n) is 1.55. The summed E-state index contributed by atoms with van der Waals surface area (Å²) in [5.41, 5.74) is 5.54. The van der Waals surface area contributed by atoms with Crippen LogP contribution in [0.3, 0.4) is 0 Å². The number of hydrogen-bond acceptors (Lipinski definition) is 3. The van der Waals surface area contributed by atoms with Gasteiger partial charge in [0.2, 0.25) is 5.91 Å². The van der Waals surface area contributed by atoms with Crippen molar-refractivity contribution in [3.63, 3.8) is 0 Å². The van der Waals surface area contributed by atoms with Crippen molar-refractivity contribution in [1.82, 2.24) is 5.32 Å². The van der Waals surface area contributed by atoms with Crippen LogP contribution in [-0.2, 0) is 4.79 Å². The lowest BCUT2D eigenvalue weighted by Crippen LogP contribution is -2.50. The van der Waals surface area contributed by atoms with Crippen molar-refractivity contribution >= 4 is 18.3 Å². The van der Waals surface area contributed by atoms with Gasteiger partial charge in [-0.05, 0) is 24.5 Å². The third-order valence-corrected chi connectivity index (χ3v) is 2.94. The molecule has 0 bridgehead atoms. The van der Waals surface area contributed by atoms with Crippen LogP contribution >= 0.6 is 12.4 Å². The zero-order chi connectivity index (χ0) is 15.3. The minimum Gasteiger partial charge on any atom is -0.486 e. The molecule has 1 aromatic rings. The van der Waals surface area contributed by atoms with Gasteiger partial charge in [0.05, 0.1) is 12.6 Å². The van der Waals surface area contributed by atoms with Crippen molar-refractivity contribution < 1.29 is 13.9 Å². The molecule has 0 saturated heterocycles. The number of halogens is 2. The lowest BCUT2D eigenvalue weighted by atomic mass is 9.87. The Hall–Kier alpha value is -1.33. The lowest BCUT2D eigenvalue weighted by molar-refractivity contribution is -0.124. The Kier molecular flexibility index (Phi) is 7.68. The molecular formula is C15H24ClFN2O2. The summed E-state index contributed by atoms with van der Waals surface area (Å²) in [5, 5.41) is 2.72. The van der Waals surface area contributed by atoms with E-state index < -0.39 is 11.9 Å². The Morgan fingerprint density at radius 1 is 1.38 bits per heavy atom. The summed E-state index contributed by atoms with van der Waals surface area (Å²) in [4.78, 5) is 11.8. The number of hydrogen-bond donors (Lipinski definition) is 2. The lowest BCUT2D eigenvalue weighted by Gasteiger charge is -2.26. The average Bonchev–Trinajstić information content (AvgIpc) is 2.36. The number of carbonyl (C=O) groups is 1. The Morgan fingerprint density at radius 2 is 1.95 bits per heavy atom. The first kappa shape index (κ1) is 19.7. The smallest absolute Gasteiger partial charge is 0.237 e. The predicted molar refractivity (Wildman–Crippen MR) is 84.2 cm³/mol. The Labute approximate surface area is 131 Å². The fraction of sp³-hybridized carbons (Fsp3) is 0.533. The molecule has 1 amide bonds. The Bertz CT molecular complexity index is 463. The maximum Gasteiger partial charge on any atom is 0.237 e. The molecule has 1 aromatic carbocycles.